The van der Waals surface area contributed by atoms with E-state index in [1.807, 2.05) is 13.1 Å². The van der Waals surface area contributed by atoms with Crippen LogP contribution in [0.15, 0.2) is 24.3 Å². The topological polar surface area (TPSA) is 21.3 Å². The van der Waals surface area contributed by atoms with Crippen molar-refractivity contribution in [2.24, 2.45) is 5.92 Å². The molecule has 2 heteroatoms. The zero-order valence-corrected chi connectivity index (χ0v) is 11.5. The first-order valence-electron chi connectivity index (χ1n) is 6.54. The highest BCUT2D eigenvalue weighted by molar-refractivity contribution is 5.35. The van der Waals surface area contributed by atoms with Gasteiger partial charge in [-0.05, 0) is 38.8 Å². The number of rotatable bonds is 7. The monoisotopic (exact) mass is 235 g/mol. The smallest absolute Gasteiger partial charge is 0.124 e. The van der Waals surface area contributed by atoms with Gasteiger partial charge in [-0.25, -0.2) is 0 Å². The third-order valence-corrected chi connectivity index (χ3v) is 3.00. The number of nitrogens with one attached hydrogen (secondary N) is 1. The van der Waals surface area contributed by atoms with Gasteiger partial charge in [-0.1, -0.05) is 32.0 Å². The number of para-hydroxylation sites is 1. The molecule has 0 aliphatic carbocycles. The van der Waals surface area contributed by atoms with Crippen molar-refractivity contribution >= 4 is 0 Å². The van der Waals surface area contributed by atoms with E-state index in [1.54, 1.807) is 0 Å². The van der Waals surface area contributed by atoms with Gasteiger partial charge < -0.3 is 10.1 Å². The van der Waals surface area contributed by atoms with Crippen LogP contribution in [0.3, 0.4) is 0 Å². The summed E-state index contributed by atoms with van der Waals surface area (Å²) in [6.45, 7) is 7.45. The summed E-state index contributed by atoms with van der Waals surface area (Å²) in [4.78, 5) is 0. The zero-order chi connectivity index (χ0) is 12.7. The van der Waals surface area contributed by atoms with E-state index in [9.17, 15) is 0 Å². The predicted molar refractivity (Wildman–Crippen MR) is 73.5 cm³/mol. The quantitative estimate of drug-likeness (QED) is 0.726. The fraction of sp³-hybridized carbons (Fsp3) is 0.600. The van der Waals surface area contributed by atoms with Crippen molar-refractivity contribution in [3.05, 3.63) is 29.8 Å². The summed E-state index contributed by atoms with van der Waals surface area (Å²) in [6.07, 6.45) is 2.35. The summed E-state index contributed by atoms with van der Waals surface area (Å²) in [5, 5.41) is 3.25. The van der Waals surface area contributed by atoms with Gasteiger partial charge in [0.15, 0.2) is 0 Å². The van der Waals surface area contributed by atoms with Crippen LogP contribution in [0.1, 0.15) is 45.2 Å². The van der Waals surface area contributed by atoms with Gasteiger partial charge >= 0.3 is 0 Å². The Morgan fingerprint density at radius 1 is 1.18 bits per heavy atom. The number of hydrogen-bond donors (Lipinski definition) is 1. The Morgan fingerprint density at radius 2 is 1.88 bits per heavy atom. The van der Waals surface area contributed by atoms with Crippen molar-refractivity contribution in [2.45, 2.75) is 39.7 Å². The summed E-state index contributed by atoms with van der Waals surface area (Å²) in [5.41, 5.74) is 1.24. The summed E-state index contributed by atoms with van der Waals surface area (Å²) >= 11 is 0. The highest BCUT2D eigenvalue weighted by atomic mass is 16.5. The second-order valence-corrected chi connectivity index (χ2v) is 4.93. The summed E-state index contributed by atoms with van der Waals surface area (Å²) in [7, 11) is 1.97. The maximum atomic E-state index is 5.87. The Hall–Kier alpha value is -1.02. The summed E-state index contributed by atoms with van der Waals surface area (Å²) in [5.74, 6) is 1.77. The Balaban J connectivity index is 2.52. The van der Waals surface area contributed by atoms with Gasteiger partial charge in [0.2, 0.25) is 0 Å². The van der Waals surface area contributed by atoms with Crippen molar-refractivity contribution in [3.8, 4) is 5.75 Å². The first-order valence-corrected chi connectivity index (χ1v) is 6.54. The van der Waals surface area contributed by atoms with Gasteiger partial charge in [0.25, 0.3) is 0 Å². The molecule has 2 nitrogen and oxygen atoms in total. The maximum Gasteiger partial charge on any atom is 0.124 e. The predicted octanol–water partition coefficient (Wildman–Crippen LogP) is 3.78. The molecule has 1 rings (SSSR count). The van der Waals surface area contributed by atoms with Gasteiger partial charge in [-0.3, -0.25) is 0 Å². The van der Waals surface area contributed by atoms with E-state index in [0.29, 0.717) is 6.04 Å². The molecule has 0 radical (unpaired) electrons. The van der Waals surface area contributed by atoms with E-state index in [1.165, 1.54) is 12.0 Å². The van der Waals surface area contributed by atoms with E-state index in [0.717, 1.165) is 24.7 Å². The zero-order valence-electron chi connectivity index (χ0n) is 11.5. The highest BCUT2D eigenvalue weighted by Gasteiger charge is 2.08. The fourth-order valence-electron chi connectivity index (χ4n) is 1.80. The lowest BCUT2D eigenvalue weighted by Gasteiger charge is -2.16. The number of ether oxygens (including phenoxy) is 1. The average Bonchev–Trinajstić information content (AvgIpc) is 2.34. The number of hydrogen-bond acceptors (Lipinski definition) is 2. The van der Waals surface area contributed by atoms with Crippen molar-refractivity contribution in [3.63, 3.8) is 0 Å². The first-order chi connectivity index (χ1) is 8.15. The molecule has 0 heterocycles. The van der Waals surface area contributed by atoms with E-state index < -0.39 is 0 Å². The first kappa shape index (κ1) is 14.0. The van der Waals surface area contributed by atoms with Crippen LogP contribution in [-0.4, -0.2) is 13.7 Å². The Morgan fingerprint density at radius 3 is 2.53 bits per heavy atom. The van der Waals surface area contributed by atoms with Gasteiger partial charge in [0.05, 0.1) is 6.61 Å². The van der Waals surface area contributed by atoms with Gasteiger partial charge in [0, 0.05) is 11.6 Å². The largest absolute Gasteiger partial charge is 0.493 e. The van der Waals surface area contributed by atoms with Gasteiger partial charge in [-0.2, -0.15) is 0 Å². The lowest BCUT2D eigenvalue weighted by atomic mass is 10.1. The molecule has 0 saturated heterocycles. The molecule has 1 unspecified atom stereocenters. The molecule has 1 N–H and O–H groups in total. The molecule has 1 aromatic rings. The van der Waals surface area contributed by atoms with Crippen LogP contribution in [0.5, 0.6) is 5.75 Å². The standard InChI is InChI=1S/C15H25NO/c1-12(2)8-7-11-17-15-10-6-5-9-14(15)13(3)16-4/h5-6,9-10,12-13,16H,7-8,11H2,1-4H3. The second-order valence-electron chi connectivity index (χ2n) is 4.93. The van der Waals surface area contributed by atoms with E-state index in [2.05, 4.69) is 44.3 Å². The lowest BCUT2D eigenvalue weighted by molar-refractivity contribution is 0.293. The molecule has 0 aliphatic heterocycles. The lowest BCUT2D eigenvalue weighted by Crippen LogP contribution is -2.14. The van der Waals surface area contributed by atoms with E-state index in [-0.39, 0.29) is 0 Å². The molecule has 0 aliphatic rings. The van der Waals surface area contributed by atoms with Crippen LogP contribution in [-0.2, 0) is 0 Å². The Labute approximate surface area is 105 Å². The Bertz CT molecular complexity index is 322. The summed E-state index contributed by atoms with van der Waals surface area (Å²) in [6, 6.07) is 8.60. The normalized spacial score (nSPS) is 12.8. The molecule has 0 spiro atoms. The third kappa shape index (κ3) is 4.78. The van der Waals surface area contributed by atoms with E-state index in [4.69, 9.17) is 4.74 Å². The van der Waals surface area contributed by atoms with Crippen molar-refractivity contribution in [1.29, 1.82) is 0 Å². The third-order valence-electron chi connectivity index (χ3n) is 3.00. The minimum Gasteiger partial charge on any atom is -0.493 e. The molecule has 96 valence electrons. The van der Waals surface area contributed by atoms with Crippen LogP contribution in [0.2, 0.25) is 0 Å². The molecule has 0 bridgehead atoms. The molecule has 0 fully saturated rings. The van der Waals surface area contributed by atoms with E-state index >= 15 is 0 Å². The molecule has 1 aromatic carbocycles. The summed E-state index contributed by atoms with van der Waals surface area (Å²) < 4.78 is 5.87. The van der Waals surface area contributed by atoms with Crippen molar-refractivity contribution < 1.29 is 4.74 Å². The van der Waals surface area contributed by atoms with Crippen molar-refractivity contribution in [2.75, 3.05) is 13.7 Å². The van der Waals surface area contributed by atoms with Crippen LogP contribution < -0.4 is 10.1 Å². The molecule has 1 atom stereocenters. The van der Waals surface area contributed by atoms with Gasteiger partial charge in [-0.15, -0.1) is 0 Å². The molecule has 17 heavy (non-hydrogen) atoms. The van der Waals surface area contributed by atoms with Crippen molar-refractivity contribution in [1.82, 2.24) is 5.32 Å². The molecular weight excluding hydrogens is 210 g/mol. The maximum absolute atomic E-state index is 5.87. The minimum atomic E-state index is 0.330. The number of benzene rings is 1. The SMILES string of the molecule is CNC(C)c1ccccc1OCCCC(C)C. The van der Waals surface area contributed by atoms with Crippen LogP contribution >= 0.6 is 0 Å². The van der Waals surface area contributed by atoms with Crippen LogP contribution in [0.4, 0.5) is 0 Å². The average molecular weight is 235 g/mol. The fourth-order valence-corrected chi connectivity index (χ4v) is 1.80. The minimum absolute atomic E-state index is 0.330. The Kier molecular flexibility index (Phi) is 6.06. The molecule has 0 saturated carbocycles. The van der Waals surface area contributed by atoms with Crippen LogP contribution in [0.25, 0.3) is 0 Å². The van der Waals surface area contributed by atoms with Crippen LogP contribution in [0, 0.1) is 5.92 Å². The van der Waals surface area contributed by atoms with Gasteiger partial charge in [0.1, 0.15) is 5.75 Å². The second kappa shape index (κ2) is 7.33. The molecular formula is C15H25NO. The molecule has 0 amide bonds. The molecule has 0 aromatic heterocycles. The highest BCUT2D eigenvalue weighted by Crippen LogP contribution is 2.24.